The van der Waals surface area contributed by atoms with Gasteiger partial charge in [0.2, 0.25) is 6.04 Å². The summed E-state index contributed by atoms with van der Waals surface area (Å²) >= 11 is 0. The van der Waals surface area contributed by atoms with Crippen molar-refractivity contribution in [1.29, 1.82) is 0 Å². The second kappa shape index (κ2) is 12.4. The molecule has 4 aromatic rings. The zero-order chi connectivity index (χ0) is 28.1. The summed E-state index contributed by atoms with van der Waals surface area (Å²) in [6.07, 6.45) is 0. The Hall–Kier alpha value is -4.14. The van der Waals surface area contributed by atoms with Crippen LogP contribution in [-0.2, 0) is 6.54 Å². The maximum atomic E-state index is 14.1. The van der Waals surface area contributed by atoms with Crippen molar-refractivity contribution < 1.29 is 9.72 Å². The van der Waals surface area contributed by atoms with Crippen LogP contribution in [0.1, 0.15) is 41.4 Å². The van der Waals surface area contributed by atoms with E-state index in [0.29, 0.717) is 18.7 Å². The number of aromatic nitrogens is 1. The highest BCUT2D eigenvalue weighted by molar-refractivity contribution is 6.09. The van der Waals surface area contributed by atoms with E-state index in [-0.39, 0.29) is 16.9 Å². The van der Waals surface area contributed by atoms with Crippen molar-refractivity contribution in [3.8, 4) is 11.3 Å². The van der Waals surface area contributed by atoms with Gasteiger partial charge in [-0.25, -0.2) is 4.98 Å². The topological polar surface area (TPSA) is 91.6 Å². The Bertz CT molecular complexity index is 1470. The van der Waals surface area contributed by atoms with Crippen LogP contribution in [-0.4, -0.2) is 64.4 Å². The molecule has 1 aliphatic heterocycles. The minimum absolute atomic E-state index is 0.124. The van der Waals surface area contributed by atoms with Crippen molar-refractivity contribution in [3.63, 3.8) is 0 Å². The highest BCUT2D eigenvalue weighted by Gasteiger charge is 2.27. The number of fused-ring (bicyclic) bond motifs is 1. The van der Waals surface area contributed by atoms with Crippen LogP contribution in [0.4, 0.5) is 0 Å². The van der Waals surface area contributed by atoms with Gasteiger partial charge in [0.25, 0.3) is 5.91 Å². The summed E-state index contributed by atoms with van der Waals surface area (Å²) in [5.74, 6) is -0.124. The standard InChI is InChI=1S/C32H35N5O3/c1-23(37(39)40)21-35-17-19-36(20-18-35)22-28-30(32(38)33-24(2)25-11-5-3-6-12-25)27-15-9-10-16-29(27)34-31(28)26-13-7-4-8-14-26/h3-16,23-24H,17-22H2,1-2H3,(H,33,38)/t23-,24+/m1/s1. The molecule has 1 aromatic heterocycles. The van der Waals surface area contributed by atoms with Gasteiger partial charge in [-0.15, -0.1) is 0 Å². The lowest BCUT2D eigenvalue weighted by Gasteiger charge is -2.35. The first-order valence-electron chi connectivity index (χ1n) is 13.8. The number of pyridine rings is 1. The second-order valence-electron chi connectivity index (χ2n) is 10.5. The van der Waals surface area contributed by atoms with Crippen LogP contribution >= 0.6 is 0 Å². The summed E-state index contributed by atoms with van der Waals surface area (Å²) in [7, 11) is 0. The number of hydrogen-bond acceptors (Lipinski definition) is 6. The number of para-hydroxylation sites is 1. The SMILES string of the molecule is C[C@H](NC(=O)c1c(CN2CCN(C[C@@H](C)[N+](=O)[O-])CC2)c(-c2ccccc2)nc2ccccc12)c1ccccc1. The van der Waals surface area contributed by atoms with E-state index in [0.717, 1.165) is 59.5 Å². The van der Waals surface area contributed by atoms with Crippen LogP contribution in [0.15, 0.2) is 84.9 Å². The molecule has 1 saturated heterocycles. The van der Waals surface area contributed by atoms with E-state index in [9.17, 15) is 14.9 Å². The smallest absolute Gasteiger partial charge is 0.252 e. The molecule has 2 heterocycles. The summed E-state index contributed by atoms with van der Waals surface area (Å²) in [5, 5.41) is 15.2. The highest BCUT2D eigenvalue weighted by Crippen LogP contribution is 2.32. The predicted octanol–water partition coefficient (Wildman–Crippen LogP) is 5.18. The van der Waals surface area contributed by atoms with Gasteiger partial charge in [0.1, 0.15) is 0 Å². The number of nitrogens with zero attached hydrogens (tertiary/aromatic N) is 4. The Kier molecular flexibility index (Phi) is 8.48. The van der Waals surface area contributed by atoms with Crippen molar-refractivity contribution in [3.05, 3.63) is 112 Å². The van der Waals surface area contributed by atoms with Crippen LogP contribution in [0, 0.1) is 10.1 Å². The highest BCUT2D eigenvalue weighted by atomic mass is 16.6. The molecule has 0 aliphatic carbocycles. The fraction of sp³-hybridized carbons (Fsp3) is 0.312. The molecule has 0 bridgehead atoms. The van der Waals surface area contributed by atoms with Gasteiger partial charge in [0.15, 0.2) is 0 Å². The van der Waals surface area contributed by atoms with Crippen LogP contribution in [0.3, 0.4) is 0 Å². The zero-order valence-electron chi connectivity index (χ0n) is 23.0. The third kappa shape index (κ3) is 6.19. The molecule has 8 nitrogen and oxygen atoms in total. The summed E-state index contributed by atoms with van der Waals surface area (Å²) in [6.45, 7) is 7.65. The van der Waals surface area contributed by atoms with Gasteiger partial charge in [-0.2, -0.15) is 0 Å². The zero-order valence-corrected chi connectivity index (χ0v) is 23.0. The Morgan fingerprint density at radius 1 is 0.900 bits per heavy atom. The first-order valence-corrected chi connectivity index (χ1v) is 13.8. The van der Waals surface area contributed by atoms with Gasteiger partial charge in [-0.05, 0) is 18.6 Å². The molecule has 206 valence electrons. The lowest BCUT2D eigenvalue weighted by atomic mass is 9.95. The molecular formula is C32H35N5O3. The van der Waals surface area contributed by atoms with E-state index in [2.05, 4.69) is 15.1 Å². The molecule has 3 aromatic carbocycles. The summed E-state index contributed by atoms with van der Waals surface area (Å²) in [6, 6.07) is 27.0. The van der Waals surface area contributed by atoms with Gasteiger partial charge in [-0.1, -0.05) is 78.9 Å². The molecule has 1 amide bonds. The molecule has 1 aliphatic rings. The van der Waals surface area contributed by atoms with Gasteiger partial charge in [0.05, 0.1) is 29.4 Å². The van der Waals surface area contributed by atoms with Crippen molar-refractivity contribution >= 4 is 16.8 Å². The molecule has 5 rings (SSSR count). The largest absolute Gasteiger partial charge is 0.345 e. The van der Waals surface area contributed by atoms with Crippen molar-refractivity contribution in [2.45, 2.75) is 32.5 Å². The summed E-state index contributed by atoms with van der Waals surface area (Å²) < 4.78 is 0. The molecule has 0 unspecified atom stereocenters. The van der Waals surface area contributed by atoms with E-state index in [4.69, 9.17) is 4.98 Å². The predicted molar refractivity (Wildman–Crippen MR) is 158 cm³/mol. The number of carbonyl (C=O) groups is 1. The molecule has 40 heavy (non-hydrogen) atoms. The van der Waals surface area contributed by atoms with Gasteiger partial charge in [-0.3, -0.25) is 24.7 Å². The summed E-state index contributed by atoms with van der Waals surface area (Å²) in [5.41, 5.74) is 5.14. The van der Waals surface area contributed by atoms with Crippen molar-refractivity contribution in [1.82, 2.24) is 20.1 Å². The monoisotopic (exact) mass is 537 g/mol. The number of carbonyl (C=O) groups excluding carboxylic acids is 1. The number of piperazine rings is 1. The van der Waals surface area contributed by atoms with Crippen LogP contribution in [0.5, 0.6) is 0 Å². The number of benzene rings is 3. The Morgan fingerprint density at radius 2 is 1.50 bits per heavy atom. The van der Waals surface area contributed by atoms with Crippen molar-refractivity contribution in [2.75, 3.05) is 32.7 Å². The first kappa shape index (κ1) is 27.4. The number of nitrogens with one attached hydrogen (secondary N) is 1. The fourth-order valence-corrected chi connectivity index (χ4v) is 5.39. The molecule has 0 saturated carbocycles. The lowest BCUT2D eigenvalue weighted by Crippen LogP contribution is -2.48. The van der Waals surface area contributed by atoms with Gasteiger partial charge < -0.3 is 5.32 Å². The number of nitro groups is 1. The van der Waals surface area contributed by atoms with E-state index in [1.54, 1.807) is 6.92 Å². The Morgan fingerprint density at radius 3 is 2.17 bits per heavy atom. The minimum atomic E-state index is -0.595. The first-order chi connectivity index (χ1) is 19.4. The Labute approximate surface area is 234 Å². The summed E-state index contributed by atoms with van der Waals surface area (Å²) in [4.78, 5) is 34.6. The third-order valence-corrected chi connectivity index (χ3v) is 7.64. The normalized spacial score (nSPS) is 15.9. The lowest BCUT2D eigenvalue weighted by molar-refractivity contribution is -0.518. The van der Waals surface area contributed by atoms with Gasteiger partial charge >= 0.3 is 0 Å². The van der Waals surface area contributed by atoms with E-state index in [1.165, 1.54) is 0 Å². The average molecular weight is 538 g/mol. The number of hydrogen-bond donors (Lipinski definition) is 1. The van der Waals surface area contributed by atoms with Crippen LogP contribution in [0.2, 0.25) is 0 Å². The van der Waals surface area contributed by atoms with Crippen LogP contribution < -0.4 is 5.32 Å². The molecule has 1 N–H and O–H groups in total. The molecule has 0 radical (unpaired) electrons. The molecule has 2 atom stereocenters. The molecule has 8 heteroatoms. The number of rotatable bonds is 9. The molecular weight excluding hydrogens is 502 g/mol. The average Bonchev–Trinajstić information content (AvgIpc) is 2.98. The fourth-order valence-electron chi connectivity index (χ4n) is 5.39. The Balaban J connectivity index is 1.51. The van der Waals surface area contributed by atoms with E-state index >= 15 is 0 Å². The van der Waals surface area contributed by atoms with Crippen LogP contribution in [0.25, 0.3) is 22.2 Å². The van der Waals surface area contributed by atoms with E-state index in [1.807, 2.05) is 91.9 Å². The quantitative estimate of drug-likeness (QED) is 0.234. The maximum absolute atomic E-state index is 14.1. The third-order valence-electron chi connectivity index (χ3n) is 7.64. The molecule has 1 fully saturated rings. The second-order valence-corrected chi connectivity index (χ2v) is 10.5. The number of amides is 1. The molecule has 0 spiro atoms. The maximum Gasteiger partial charge on any atom is 0.252 e. The minimum Gasteiger partial charge on any atom is -0.345 e. The van der Waals surface area contributed by atoms with Gasteiger partial charge in [0, 0.05) is 61.1 Å². The van der Waals surface area contributed by atoms with E-state index < -0.39 is 6.04 Å². The van der Waals surface area contributed by atoms with Crippen molar-refractivity contribution in [2.24, 2.45) is 0 Å².